The van der Waals surface area contributed by atoms with Gasteiger partial charge in [0.05, 0.1) is 17.8 Å². The van der Waals surface area contributed by atoms with Crippen LogP contribution in [0.25, 0.3) is 11.2 Å². The topological polar surface area (TPSA) is 145 Å². The largest absolute Gasteiger partial charge is 0.387 e. The van der Waals surface area contributed by atoms with Crippen LogP contribution in [0, 0.1) is 23.2 Å². The number of carbonyl (C=O) groups excluding carboxylic acids is 1. The van der Waals surface area contributed by atoms with Crippen LogP contribution in [-0.2, 0) is 4.79 Å². The Bertz CT molecular complexity index is 1510. The normalized spacial score (nSPS) is 15.0. The van der Waals surface area contributed by atoms with Gasteiger partial charge in [-0.1, -0.05) is 68.3 Å². The molecule has 2 aromatic heterocycles. The Morgan fingerprint density at radius 3 is 2.27 bits per heavy atom. The highest BCUT2D eigenvalue weighted by Crippen LogP contribution is 2.37. The first-order valence-electron chi connectivity index (χ1n) is 13.0. The predicted octanol–water partition coefficient (Wildman–Crippen LogP) is 2.63. The molecule has 0 aliphatic carbocycles. The molecule has 10 nitrogen and oxygen atoms in total. The Balaban J connectivity index is 1.75. The second-order valence-corrected chi connectivity index (χ2v) is 10.0. The number of imidazole rings is 1. The van der Waals surface area contributed by atoms with Crippen LogP contribution in [0.2, 0.25) is 0 Å². The van der Waals surface area contributed by atoms with Crippen LogP contribution < -0.4 is 10.6 Å². The van der Waals surface area contributed by atoms with E-state index >= 15 is 0 Å². The molecule has 2 heterocycles. The minimum Gasteiger partial charge on any atom is -0.387 e. The molecule has 1 amide bonds. The molecular weight excluding hydrogens is 508 g/mol. The van der Waals surface area contributed by atoms with Crippen molar-refractivity contribution in [2.24, 2.45) is 11.3 Å². The number of carbonyl (C=O) groups is 1. The summed E-state index contributed by atoms with van der Waals surface area (Å²) in [6, 6.07) is 18.6. The van der Waals surface area contributed by atoms with Crippen molar-refractivity contribution >= 4 is 22.9 Å². The van der Waals surface area contributed by atoms with Crippen LogP contribution in [-0.4, -0.2) is 60.4 Å². The number of aliphatic hydroxyl groups is 3. The van der Waals surface area contributed by atoms with Gasteiger partial charge in [0.1, 0.15) is 6.10 Å². The van der Waals surface area contributed by atoms with Gasteiger partial charge in [0.25, 0.3) is 0 Å². The molecule has 0 spiro atoms. The molecule has 10 heteroatoms. The molecular formula is C30H34N6O4. The molecule has 0 bridgehead atoms. The molecule has 0 saturated carbocycles. The zero-order valence-corrected chi connectivity index (χ0v) is 22.9. The number of anilines is 1. The Kier molecular flexibility index (Phi) is 8.80. The molecule has 0 saturated heterocycles. The molecule has 0 aliphatic heterocycles. The average molecular weight is 543 g/mol. The summed E-state index contributed by atoms with van der Waals surface area (Å²) >= 11 is 0. The number of hydrogen-bond donors (Lipinski definition) is 5. The van der Waals surface area contributed by atoms with E-state index in [1.165, 1.54) is 17.9 Å². The fourth-order valence-corrected chi connectivity index (χ4v) is 4.39. The molecule has 4 rings (SSSR count). The predicted molar refractivity (Wildman–Crippen MR) is 152 cm³/mol. The number of hydrogen-bond acceptors (Lipinski definition) is 8. The molecule has 40 heavy (non-hydrogen) atoms. The molecule has 0 radical (unpaired) electrons. The van der Waals surface area contributed by atoms with Gasteiger partial charge in [-0.15, -0.1) is 0 Å². The second-order valence-electron chi connectivity index (χ2n) is 10.0. The van der Waals surface area contributed by atoms with Gasteiger partial charge < -0.3 is 26.0 Å². The first-order valence-corrected chi connectivity index (χ1v) is 13.0. The third kappa shape index (κ3) is 5.82. The Morgan fingerprint density at radius 1 is 1.00 bits per heavy atom. The van der Waals surface area contributed by atoms with Gasteiger partial charge in [-0.05, 0) is 36.5 Å². The number of rotatable bonds is 9. The monoisotopic (exact) mass is 542 g/mol. The van der Waals surface area contributed by atoms with E-state index in [2.05, 4.69) is 37.4 Å². The summed E-state index contributed by atoms with van der Waals surface area (Å²) in [6.07, 6.45) is -2.53. The van der Waals surface area contributed by atoms with Crippen molar-refractivity contribution in [3.05, 3.63) is 83.9 Å². The maximum atomic E-state index is 12.8. The Hall–Kier alpha value is -4.30. The molecule has 2 aromatic carbocycles. The van der Waals surface area contributed by atoms with E-state index in [0.717, 1.165) is 11.1 Å². The number of nitrogens with one attached hydrogen (secondary N) is 2. The van der Waals surface area contributed by atoms with E-state index in [-0.39, 0.29) is 23.9 Å². The number of fused-ring (bicyclic) bond motifs is 1. The fraction of sp³-hybridized carbons (Fsp3) is 0.333. The first kappa shape index (κ1) is 28.7. The third-order valence-electron chi connectivity index (χ3n) is 7.26. The van der Waals surface area contributed by atoms with Crippen molar-refractivity contribution < 1.29 is 20.1 Å². The minimum absolute atomic E-state index is 0.127. The zero-order chi connectivity index (χ0) is 28.9. The third-order valence-corrected chi connectivity index (χ3v) is 7.26. The zero-order valence-electron chi connectivity index (χ0n) is 22.9. The maximum Gasteiger partial charge on any atom is 0.228 e. The number of nitrogens with zero attached hydrogens (tertiary/aromatic N) is 4. The summed E-state index contributed by atoms with van der Waals surface area (Å²) in [7, 11) is 1.49. The highest BCUT2D eigenvalue weighted by molar-refractivity contribution is 5.84. The van der Waals surface area contributed by atoms with Gasteiger partial charge >= 0.3 is 0 Å². The summed E-state index contributed by atoms with van der Waals surface area (Å²) in [5.74, 6) is 5.72. The lowest BCUT2D eigenvalue weighted by Crippen LogP contribution is -2.52. The average Bonchev–Trinajstić information content (AvgIpc) is 3.42. The number of aliphatic hydroxyl groups excluding tert-OH is 3. The van der Waals surface area contributed by atoms with Crippen molar-refractivity contribution in [3.8, 4) is 11.8 Å². The second kappa shape index (κ2) is 12.3. The highest BCUT2D eigenvalue weighted by Gasteiger charge is 2.47. The van der Waals surface area contributed by atoms with Gasteiger partial charge in [-0.2, -0.15) is 0 Å². The van der Waals surface area contributed by atoms with Crippen molar-refractivity contribution in [1.82, 2.24) is 24.8 Å². The minimum atomic E-state index is -1.55. The highest BCUT2D eigenvalue weighted by atomic mass is 16.3. The summed E-state index contributed by atoms with van der Waals surface area (Å²) in [5, 5.41) is 39.0. The summed E-state index contributed by atoms with van der Waals surface area (Å²) < 4.78 is 1.30. The van der Waals surface area contributed by atoms with E-state index in [4.69, 9.17) is 0 Å². The van der Waals surface area contributed by atoms with E-state index in [1.807, 2.05) is 60.7 Å². The summed E-state index contributed by atoms with van der Waals surface area (Å²) in [4.78, 5) is 26.2. The molecule has 5 N–H and O–H groups in total. The van der Waals surface area contributed by atoms with Gasteiger partial charge in [-0.25, -0.2) is 15.0 Å². The van der Waals surface area contributed by atoms with Crippen molar-refractivity contribution in [3.63, 3.8) is 0 Å². The fourth-order valence-electron chi connectivity index (χ4n) is 4.39. The molecule has 208 valence electrons. The number of aromatic nitrogens is 4. The first-order chi connectivity index (χ1) is 19.2. The summed E-state index contributed by atoms with van der Waals surface area (Å²) in [6.45, 7) is 5.34. The van der Waals surface area contributed by atoms with Gasteiger partial charge in [0.2, 0.25) is 11.7 Å². The van der Waals surface area contributed by atoms with E-state index in [0.29, 0.717) is 11.3 Å². The van der Waals surface area contributed by atoms with Crippen LogP contribution in [0.15, 0.2) is 67.0 Å². The van der Waals surface area contributed by atoms with Gasteiger partial charge in [0, 0.05) is 19.2 Å². The quantitative estimate of drug-likeness (QED) is 0.203. The lowest BCUT2D eigenvalue weighted by Gasteiger charge is -2.38. The molecule has 3 unspecified atom stereocenters. The van der Waals surface area contributed by atoms with E-state index in [1.54, 1.807) is 20.8 Å². The Morgan fingerprint density at radius 2 is 1.65 bits per heavy atom. The maximum absolute atomic E-state index is 12.8. The van der Waals surface area contributed by atoms with Crippen molar-refractivity contribution in [2.75, 3.05) is 18.9 Å². The van der Waals surface area contributed by atoms with Crippen LogP contribution in [0.3, 0.4) is 0 Å². The molecule has 4 aromatic rings. The SMILES string of the molecule is CNC(=O)C(C)(C(C)C)C(O)[C@@H](O)n1cnc2c(NCC(O)c3ccccc3)nc(C#Cc3ccccc3)nc21. The number of amides is 1. The lowest BCUT2D eigenvalue weighted by atomic mass is 9.72. The molecule has 0 aliphatic rings. The Labute approximate surface area is 233 Å². The smallest absolute Gasteiger partial charge is 0.228 e. The van der Waals surface area contributed by atoms with Gasteiger partial charge in [-0.3, -0.25) is 9.36 Å². The molecule has 4 atom stereocenters. The van der Waals surface area contributed by atoms with Crippen molar-refractivity contribution in [2.45, 2.75) is 39.2 Å². The lowest BCUT2D eigenvalue weighted by molar-refractivity contribution is -0.154. The van der Waals surface area contributed by atoms with Crippen LogP contribution in [0.5, 0.6) is 0 Å². The standard InChI is InChI=1S/C30H34N6O4/c1-19(2)30(3,29(40)31-4)25(38)28(39)36-18-33-24-26(32-17-22(37)21-13-9-6-10-14-21)34-23(35-27(24)36)16-15-20-11-7-5-8-12-20/h5-14,18-19,22,25,28,37-39H,17H2,1-4H3,(H,31,40)(H,32,34,35)/t22?,25?,28-,30?/m1/s1. The number of benzene rings is 2. The van der Waals surface area contributed by atoms with Crippen LogP contribution >= 0.6 is 0 Å². The summed E-state index contributed by atoms with van der Waals surface area (Å²) in [5.41, 5.74) is 0.703. The van der Waals surface area contributed by atoms with E-state index in [9.17, 15) is 20.1 Å². The van der Waals surface area contributed by atoms with Gasteiger partial charge in [0.15, 0.2) is 23.2 Å². The van der Waals surface area contributed by atoms with Crippen molar-refractivity contribution in [1.29, 1.82) is 0 Å². The van der Waals surface area contributed by atoms with Crippen LogP contribution in [0.4, 0.5) is 5.82 Å². The van der Waals surface area contributed by atoms with E-state index < -0.39 is 29.8 Å². The molecule has 0 fully saturated rings. The van der Waals surface area contributed by atoms with Crippen LogP contribution in [0.1, 0.15) is 50.1 Å².